The lowest BCUT2D eigenvalue weighted by Gasteiger charge is -2.16. The van der Waals surface area contributed by atoms with Crippen LogP contribution < -0.4 is 15.2 Å². The number of aromatic nitrogens is 1. The first-order valence-corrected chi connectivity index (χ1v) is 8.56. The van der Waals surface area contributed by atoms with E-state index in [1.165, 1.54) is 0 Å². The Labute approximate surface area is 136 Å². The Balaban J connectivity index is 2.22. The third kappa shape index (κ3) is 4.21. The maximum atomic E-state index is 5.96. The molecule has 22 heavy (non-hydrogen) atoms. The van der Waals surface area contributed by atoms with Crippen molar-refractivity contribution < 1.29 is 9.47 Å². The molecule has 0 fully saturated rings. The molecule has 1 unspecified atom stereocenters. The van der Waals surface area contributed by atoms with Gasteiger partial charge >= 0.3 is 0 Å². The minimum Gasteiger partial charge on any atom is -0.494 e. The summed E-state index contributed by atoms with van der Waals surface area (Å²) in [6, 6.07) is 6.02. The molecule has 0 amide bonds. The van der Waals surface area contributed by atoms with E-state index in [1.54, 1.807) is 11.3 Å². The highest BCUT2D eigenvalue weighted by Crippen LogP contribution is 2.31. The highest BCUT2D eigenvalue weighted by Gasteiger charge is 2.17. The number of ether oxygens (including phenoxy) is 2. The van der Waals surface area contributed by atoms with Crippen molar-refractivity contribution in [3.63, 3.8) is 0 Å². The van der Waals surface area contributed by atoms with Crippen LogP contribution in [0.1, 0.15) is 36.0 Å². The van der Waals surface area contributed by atoms with Gasteiger partial charge in [0.05, 0.1) is 18.2 Å². The van der Waals surface area contributed by atoms with Gasteiger partial charge in [-0.3, -0.25) is 0 Å². The second kappa shape index (κ2) is 8.15. The van der Waals surface area contributed by atoms with E-state index in [0.717, 1.165) is 34.2 Å². The number of rotatable bonds is 8. The average Bonchev–Trinajstić information content (AvgIpc) is 2.93. The van der Waals surface area contributed by atoms with Gasteiger partial charge < -0.3 is 15.2 Å². The minimum absolute atomic E-state index is 0.218. The van der Waals surface area contributed by atoms with Crippen molar-refractivity contribution in [2.75, 3.05) is 19.8 Å². The third-order valence-corrected chi connectivity index (χ3v) is 4.51. The predicted octanol–water partition coefficient (Wildman–Crippen LogP) is 3.53. The standard InChI is InChI=1S/C17H24N2O2S/c1-4-20-15-7-6-13(16(9-15)21-5-2)8-14(10-18)17-19-12(3)11-22-17/h6-7,9,11,14H,4-5,8,10,18H2,1-3H3. The first-order valence-electron chi connectivity index (χ1n) is 7.68. The Morgan fingerprint density at radius 3 is 2.59 bits per heavy atom. The van der Waals surface area contributed by atoms with Crippen LogP contribution in [0.2, 0.25) is 0 Å². The fraction of sp³-hybridized carbons (Fsp3) is 0.471. The summed E-state index contributed by atoms with van der Waals surface area (Å²) in [6.45, 7) is 7.83. The molecule has 0 aliphatic carbocycles. The molecule has 120 valence electrons. The molecule has 0 saturated carbocycles. The van der Waals surface area contributed by atoms with Crippen LogP contribution in [-0.4, -0.2) is 24.7 Å². The predicted molar refractivity (Wildman–Crippen MR) is 91.1 cm³/mol. The van der Waals surface area contributed by atoms with E-state index in [2.05, 4.69) is 16.4 Å². The Bertz CT molecular complexity index is 598. The number of nitrogens with two attached hydrogens (primary N) is 1. The largest absolute Gasteiger partial charge is 0.494 e. The maximum absolute atomic E-state index is 5.96. The molecule has 4 nitrogen and oxygen atoms in total. The molecule has 2 rings (SSSR count). The summed E-state index contributed by atoms with van der Waals surface area (Å²) < 4.78 is 11.3. The minimum atomic E-state index is 0.218. The zero-order valence-corrected chi connectivity index (χ0v) is 14.3. The number of thiazole rings is 1. The van der Waals surface area contributed by atoms with Gasteiger partial charge in [0.1, 0.15) is 11.5 Å². The third-order valence-electron chi connectivity index (χ3n) is 3.39. The first kappa shape index (κ1) is 16.8. The summed E-state index contributed by atoms with van der Waals surface area (Å²) in [5.41, 5.74) is 8.16. The lowest BCUT2D eigenvalue weighted by Crippen LogP contribution is -2.15. The van der Waals surface area contributed by atoms with Crippen molar-refractivity contribution in [2.45, 2.75) is 33.1 Å². The molecule has 5 heteroatoms. The van der Waals surface area contributed by atoms with E-state index in [1.807, 2.05) is 32.9 Å². The van der Waals surface area contributed by atoms with E-state index in [4.69, 9.17) is 15.2 Å². The topological polar surface area (TPSA) is 57.4 Å². The summed E-state index contributed by atoms with van der Waals surface area (Å²) in [6.07, 6.45) is 0.825. The van der Waals surface area contributed by atoms with E-state index in [-0.39, 0.29) is 5.92 Å². The fourth-order valence-electron chi connectivity index (χ4n) is 2.35. The highest BCUT2D eigenvalue weighted by molar-refractivity contribution is 7.09. The Hall–Kier alpha value is -1.59. The second-order valence-corrected chi connectivity index (χ2v) is 5.99. The lowest BCUT2D eigenvalue weighted by molar-refractivity contribution is 0.320. The first-order chi connectivity index (χ1) is 10.7. The van der Waals surface area contributed by atoms with Crippen LogP contribution in [0, 0.1) is 6.92 Å². The van der Waals surface area contributed by atoms with Crippen LogP contribution in [0.4, 0.5) is 0 Å². The second-order valence-electron chi connectivity index (χ2n) is 5.10. The van der Waals surface area contributed by atoms with E-state index >= 15 is 0 Å². The molecule has 0 aliphatic heterocycles. The van der Waals surface area contributed by atoms with Crippen LogP contribution in [0.15, 0.2) is 23.6 Å². The van der Waals surface area contributed by atoms with Crippen molar-refractivity contribution in [1.82, 2.24) is 4.98 Å². The molecule has 0 aliphatic rings. The molecule has 0 spiro atoms. The Morgan fingerprint density at radius 2 is 2.00 bits per heavy atom. The van der Waals surface area contributed by atoms with E-state index < -0.39 is 0 Å². The molecule has 1 aromatic carbocycles. The number of aryl methyl sites for hydroxylation is 1. The monoisotopic (exact) mass is 320 g/mol. The molecule has 1 aromatic heterocycles. The van der Waals surface area contributed by atoms with Gasteiger partial charge in [-0.25, -0.2) is 4.98 Å². The van der Waals surface area contributed by atoms with Gasteiger partial charge in [0.15, 0.2) is 0 Å². The van der Waals surface area contributed by atoms with Crippen molar-refractivity contribution >= 4 is 11.3 Å². The highest BCUT2D eigenvalue weighted by atomic mass is 32.1. The number of nitrogens with zero attached hydrogens (tertiary/aromatic N) is 1. The Kier molecular flexibility index (Phi) is 6.21. The molecule has 2 N–H and O–H groups in total. The van der Waals surface area contributed by atoms with Crippen LogP contribution in [-0.2, 0) is 6.42 Å². The van der Waals surface area contributed by atoms with Gasteiger partial charge in [0.25, 0.3) is 0 Å². The maximum Gasteiger partial charge on any atom is 0.126 e. The molecular formula is C17H24N2O2S. The summed E-state index contributed by atoms with van der Waals surface area (Å²) >= 11 is 1.68. The summed E-state index contributed by atoms with van der Waals surface area (Å²) in [5.74, 6) is 1.93. The van der Waals surface area contributed by atoms with Gasteiger partial charge in [-0.2, -0.15) is 0 Å². The van der Waals surface area contributed by atoms with Gasteiger partial charge in [0.2, 0.25) is 0 Å². The molecular weight excluding hydrogens is 296 g/mol. The Morgan fingerprint density at radius 1 is 1.23 bits per heavy atom. The smallest absolute Gasteiger partial charge is 0.126 e. The number of benzene rings is 1. The molecule has 2 aromatic rings. The zero-order chi connectivity index (χ0) is 15.9. The number of hydrogen-bond donors (Lipinski definition) is 1. The SMILES string of the molecule is CCOc1ccc(CC(CN)c2nc(C)cs2)c(OCC)c1. The summed E-state index contributed by atoms with van der Waals surface area (Å²) in [5, 5.41) is 3.16. The van der Waals surface area contributed by atoms with E-state index in [0.29, 0.717) is 19.8 Å². The van der Waals surface area contributed by atoms with Crippen LogP contribution in [0.3, 0.4) is 0 Å². The molecule has 1 heterocycles. The van der Waals surface area contributed by atoms with Crippen LogP contribution in [0.5, 0.6) is 11.5 Å². The van der Waals surface area contributed by atoms with Crippen molar-refractivity contribution in [3.8, 4) is 11.5 Å². The van der Waals surface area contributed by atoms with E-state index in [9.17, 15) is 0 Å². The van der Waals surface area contributed by atoms with Crippen LogP contribution in [0.25, 0.3) is 0 Å². The van der Waals surface area contributed by atoms with Gasteiger partial charge in [-0.1, -0.05) is 6.07 Å². The molecule has 0 radical (unpaired) electrons. The van der Waals surface area contributed by atoms with Crippen molar-refractivity contribution in [3.05, 3.63) is 39.8 Å². The molecule has 1 atom stereocenters. The average molecular weight is 320 g/mol. The van der Waals surface area contributed by atoms with Gasteiger partial charge in [-0.15, -0.1) is 11.3 Å². The number of hydrogen-bond acceptors (Lipinski definition) is 5. The van der Waals surface area contributed by atoms with Crippen LogP contribution >= 0.6 is 11.3 Å². The zero-order valence-electron chi connectivity index (χ0n) is 13.5. The molecule has 0 saturated heterocycles. The normalized spacial score (nSPS) is 12.2. The summed E-state index contributed by atoms with van der Waals surface area (Å²) in [7, 11) is 0. The summed E-state index contributed by atoms with van der Waals surface area (Å²) in [4.78, 5) is 4.57. The van der Waals surface area contributed by atoms with Gasteiger partial charge in [0, 0.05) is 29.6 Å². The van der Waals surface area contributed by atoms with Crippen molar-refractivity contribution in [2.24, 2.45) is 5.73 Å². The quantitative estimate of drug-likeness (QED) is 0.808. The lowest BCUT2D eigenvalue weighted by atomic mass is 9.99. The fourth-order valence-corrected chi connectivity index (χ4v) is 3.26. The van der Waals surface area contributed by atoms with Crippen molar-refractivity contribution in [1.29, 1.82) is 0 Å². The molecule has 0 bridgehead atoms. The van der Waals surface area contributed by atoms with Gasteiger partial charge in [-0.05, 0) is 38.8 Å².